The third-order valence-electron chi connectivity index (χ3n) is 4.24. The minimum absolute atomic E-state index is 0.282. The zero-order valence-corrected chi connectivity index (χ0v) is 15.6. The number of hydrogen-bond acceptors (Lipinski definition) is 5. The number of carbonyl (C=O) groups excluding carboxylic acids is 1. The van der Waals surface area contributed by atoms with Crippen LogP contribution in [-0.2, 0) is 11.8 Å². The predicted octanol–water partition coefficient (Wildman–Crippen LogP) is 3.74. The van der Waals surface area contributed by atoms with Gasteiger partial charge in [0.2, 0.25) is 0 Å². The summed E-state index contributed by atoms with van der Waals surface area (Å²) in [6.45, 7) is 0. The van der Waals surface area contributed by atoms with Gasteiger partial charge in [0.25, 0.3) is 5.56 Å². The standard InChI is InChI=1S/C20H16ClNO6/c1-22-15-10-13(28-12-4-2-11(21)3-5-12)6-7-14(15)19(26)18(20(22)27)16(23)8-9-17(24)25/h2-7,10,26H,8-9H2,1H3,(H,24,25). The summed E-state index contributed by atoms with van der Waals surface area (Å²) in [5, 5.41) is 20.0. The Kier molecular flexibility index (Phi) is 5.37. The Morgan fingerprint density at radius 1 is 1.07 bits per heavy atom. The number of benzene rings is 2. The molecule has 2 N–H and O–H groups in total. The van der Waals surface area contributed by atoms with Crippen LogP contribution in [-0.4, -0.2) is 26.5 Å². The van der Waals surface area contributed by atoms with Gasteiger partial charge in [-0.05, 0) is 36.4 Å². The Balaban J connectivity index is 2.03. The molecule has 1 aromatic heterocycles. The first kappa shape index (κ1) is 19.4. The average molecular weight is 402 g/mol. The van der Waals surface area contributed by atoms with E-state index < -0.39 is 35.0 Å². The number of pyridine rings is 1. The second kappa shape index (κ2) is 7.74. The van der Waals surface area contributed by atoms with Gasteiger partial charge in [-0.3, -0.25) is 14.4 Å². The second-order valence-electron chi connectivity index (χ2n) is 6.14. The maximum absolute atomic E-state index is 12.6. The number of halogens is 1. The molecule has 0 radical (unpaired) electrons. The van der Waals surface area contributed by atoms with Gasteiger partial charge in [-0.25, -0.2) is 0 Å². The van der Waals surface area contributed by atoms with Gasteiger partial charge in [-0.1, -0.05) is 11.6 Å². The molecule has 0 unspecified atom stereocenters. The molecule has 0 aliphatic rings. The number of fused-ring (bicyclic) bond motifs is 1. The van der Waals surface area contributed by atoms with E-state index in [2.05, 4.69) is 0 Å². The fraction of sp³-hybridized carbons (Fsp3) is 0.150. The van der Waals surface area contributed by atoms with E-state index in [0.29, 0.717) is 22.0 Å². The highest BCUT2D eigenvalue weighted by molar-refractivity contribution is 6.30. The smallest absolute Gasteiger partial charge is 0.303 e. The van der Waals surface area contributed by atoms with Gasteiger partial charge in [0.15, 0.2) is 5.78 Å². The van der Waals surface area contributed by atoms with E-state index in [1.807, 2.05) is 0 Å². The van der Waals surface area contributed by atoms with Gasteiger partial charge in [-0.2, -0.15) is 0 Å². The summed E-state index contributed by atoms with van der Waals surface area (Å²) in [6.07, 6.45) is -0.797. The Morgan fingerprint density at radius 2 is 1.71 bits per heavy atom. The van der Waals surface area contributed by atoms with Gasteiger partial charge in [0.05, 0.1) is 11.9 Å². The summed E-state index contributed by atoms with van der Waals surface area (Å²) in [5.74, 6) is -1.38. The van der Waals surface area contributed by atoms with Crippen LogP contribution in [0.2, 0.25) is 5.02 Å². The summed E-state index contributed by atoms with van der Waals surface area (Å²) in [5.41, 5.74) is -0.754. The predicted molar refractivity (Wildman–Crippen MR) is 104 cm³/mol. The summed E-state index contributed by atoms with van der Waals surface area (Å²) >= 11 is 5.85. The molecule has 144 valence electrons. The highest BCUT2D eigenvalue weighted by Crippen LogP contribution is 2.31. The van der Waals surface area contributed by atoms with E-state index in [4.69, 9.17) is 21.4 Å². The normalized spacial score (nSPS) is 10.8. The van der Waals surface area contributed by atoms with Gasteiger partial charge < -0.3 is 19.5 Å². The first-order valence-electron chi connectivity index (χ1n) is 8.32. The van der Waals surface area contributed by atoms with E-state index >= 15 is 0 Å². The molecule has 3 rings (SSSR count). The zero-order chi connectivity index (χ0) is 20.4. The van der Waals surface area contributed by atoms with Crippen molar-refractivity contribution in [3.63, 3.8) is 0 Å². The lowest BCUT2D eigenvalue weighted by Crippen LogP contribution is -2.25. The number of hydrogen-bond donors (Lipinski definition) is 2. The molecule has 0 atom stereocenters. The highest BCUT2D eigenvalue weighted by Gasteiger charge is 2.22. The molecule has 2 aromatic carbocycles. The maximum Gasteiger partial charge on any atom is 0.303 e. The Bertz CT molecular complexity index is 1130. The molecule has 3 aromatic rings. The van der Waals surface area contributed by atoms with Crippen LogP contribution < -0.4 is 10.3 Å². The van der Waals surface area contributed by atoms with E-state index in [-0.39, 0.29) is 11.8 Å². The molecular formula is C20H16ClNO6. The van der Waals surface area contributed by atoms with E-state index in [9.17, 15) is 19.5 Å². The van der Waals surface area contributed by atoms with Crippen molar-refractivity contribution < 1.29 is 24.5 Å². The number of aromatic nitrogens is 1. The number of Topliss-reactive ketones (excluding diaryl/α,β-unsaturated/α-hetero) is 1. The fourth-order valence-corrected chi connectivity index (χ4v) is 2.93. The van der Waals surface area contributed by atoms with Crippen molar-refractivity contribution in [1.29, 1.82) is 0 Å². The SMILES string of the molecule is Cn1c(=O)c(C(=O)CCC(=O)O)c(O)c2ccc(Oc3ccc(Cl)cc3)cc21. The van der Waals surface area contributed by atoms with Crippen molar-refractivity contribution >= 4 is 34.3 Å². The zero-order valence-electron chi connectivity index (χ0n) is 14.8. The van der Waals surface area contributed by atoms with Crippen molar-refractivity contribution in [2.45, 2.75) is 12.8 Å². The topological polar surface area (TPSA) is 106 Å². The Labute approximate surface area is 164 Å². The summed E-state index contributed by atoms with van der Waals surface area (Å²) in [4.78, 5) is 35.5. The first-order valence-corrected chi connectivity index (χ1v) is 8.70. The quantitative estimate of drug-likeness (QED) is 0.609. The number of ketones is 1. The van der Waals surface area contributed by atoms with Crippen LogP contribution in [0.3, 0.4) is 0 Å². The van der Waals surface area contributed by atoms with Crippen molar-refractivity contribution in [2.24, 2.45) is 7.05 Å². The average Bonchev–Trinajstić information content (AvgIpc) is 2.66. The van der Waals surface area contributed by atoms with Crippen molar-refractivity contribution in [1.82, 2.24) is 4.57 Å². The number of aryl methyl sites for hydroxylation is 1. The number of aromatic hydroxyl groups is 1. The Hall–Kier alpha value is -3.32. The molecule has 1 heterocycles. The number of rotatable bonds is 6. The molecule has 0 saturated heterocycles. The van der Waals surface area contributed by atoms with Crippen LogP contribution in [0.25, 0.3) is 10.9 Å². The molecular weight excluding hydrogens is 386 g/mol. The van der Waals surface area contributed by atoms with Crippen molar-refractivity contribution in [3.05, 3.63) is 63.4 Å². The molecule has 0 aliphatic carbocycles. The van der Waals surface area contributed by atoms with Gasteiger partial charge in [-0.15, -0.1) is 0 Å². The molecule has 0 aliphatic heterocycles. The minimum atomic E-state index is -1.16. The molecule has 0 bridgehead atoms. The van der Waals surface area contributed by atoms with Gasteiger partial charge >= 0.3 is 5.97 Å². The lowest BCUT2D eigenvalue weighted by atomic mass is 10.0. The first-order chi connectivity index (χ1) is 13.3. The van der Waals surface area contributed by atoms with Crippen LogP contribution in [0.15, 0.2) is 47.3 Å². The molecule has 0 fully saturated rings. The maximum atomic E-state index is 12.6. The van der Waals surface area contributed by atoms with Crippen LogP contribution in [0.1, 0.15) is 23.2 Å². The van der Waals surface area contributed by atoms with Crippen molar-refractivity contribution in [2.75, 3.05) is 0 Å². The van der Waals surface area contributed by atoms with Crippen LogP contribution in [0.4, 0.5) is 0 Å². The summed E-state index contributed by atoms with van der Waals surface area (Å²) in [7, 11) is 1.46. The van der Waals surface area contributed by atoms with Crippen LogP contribution >= 0.6 is 11.6 Å². The molecule has 7 nitrogen and oxygen atoms in total. The van der Waals surface area contributed by atoms with Crippen LogP contribution in [0, 0.1) is 0 Å². The third kappa shape index (κ3) is 3.84. The van der Waals surface area contributed by atoms with Crippen molar-refractivity contribution in [3.8, 4) is 17.2 Å². The Morgan fingerprint density at radius 3 is 2.36 bits per heavy atom. The lowest BCUT2D eigenvalue weighted by Gasteiger charge is -2.13. The highest BCUT2D eigenvalue weighted by atomic mass is 35.5. The molecule has 8 heteroatoms. The molecule has 0 amide bonds. The number of carboxylic acid groups (broad SMARTS) is 1. The molecule has 28 heavy (non-hydrogen) atoms. The summed E-state index contributed by atoms with van der Waals surface area (Å²) in [6, 6.07) is 11.4. The number of aliphatic carboxylic acids is 1. The lowest BCUT2D eigenvalue weighted by molar-refractivity contribution is -0.136. The van der Waals surface area contributed by atoms with Gasteiger partial charge in [0.1, 0.15) is 22.8 Å². The van der Waals surface area contributed by atoms with Crippen LogP contribution in [0.5, 0.6) is 17.2 Å². The minimum Gasteiger partial charge on any atom is -0.506 e. The largest absolute Gasteiger partial charge is 0.506 e. The monoisotopic (exact) mass is 401 g/mol. The van der Waals surface area contributed by atoms with E-state index in [0.717, 1.165) is 0 Å². The number of carbonyl (C=O) groups is 2. The number of carboxylic acids is 1. The molecule has 0 saturated carbocycles. The third-order valence-corrected chi connectivity index (χ3v) is 4.49. The summed E-state index contributed by atoms with van der Waals surface area (Å²) < 4.78 is 6.95. The van der Waals surface area contributed by atoms with E-state index in [1.54, 1.807) is 36.4 Å². The van der Waals surface area contributed by atoms with E-state index in [1.165, 1.54) is 17.7 Å². The number of nitrogens with zero attached hydrogens (tertiary/aromatic N) is 1. The fourth-order valence-electron chi connectivity index (χ4n) is 2.80. The number of ether oxygens (including phenoxy) is 1. The molecule has 0 spiro atoms. The van der Waals surface area contributed by atoms with Gasteiger partial charge in [0, 0.05) is 29.9 Å². The second-order valence-corrected chi connectivity index (χ2v) is 6.58.